The Labute approximate surface area is 96.4 Å². The molecule has 0 aliphatic carbocycles. The third kappa shape index (κ3) is 1.80. The molecule has 5 nitrogen and oxygen atoms in total. The maximum Gasteiger partial charge on any atom is 0.221 e. The average molecular weight is 240 g/mol. The number of carbonyl (C=O) groups excluding carboxylic acids is 2. The van der Waals surface area contributed by atoms with Crippen molar-refractivity contribution in [3.8, 4) is 0 Å². The van der Waals surface area contributed by atoms with Crippen molar-refractivity contribution >= 4 is 23.6 Å². The van der Waals surface area contributed by atoms with Crippen LogP contribution in [0.3, 0.4) is 0 Å². The van der Waals surface area contributed by atoms with Gasteiger partial charge in [-0.1, -0.05) is 0 Å². The van der Waals surface area contributed by atoms with Gasteiger partial charge in [0.2, 0.25) is 5.91 Å². The third-order valence-electron chi connectivity index (χ3n) is 2.42. The third-order valence-corrected chi connectivity index (χ3v) is 3.71. The van der Waals surface area contributed by atoms with Gasteiger partial charge in [0.25, 0.3) is 0 Å². The van der Waals surface area contributed by atoms with E-state index >= 15 is 0 Å². The number of furan rings is 1. The summed E-state index contributed by atoms with van der Waals surface area (Å²) in [5.41, 5.74) is 0. The van der Waals surface area contributed by atoms with Crippen LogP contribution in [0.2, 0.25) is 0 Å². The fourth-order valence-corrected chi connectivity index (χ4v) is 3.14. The standard InChI is InChI=1S/C10H11NO4S/c1-6(12)11-7(10(13)14)5-16-9(11)8-3-2-4-15-8/h2-4,7,9H,5H2,1H3,(H,13,14)/p-1/t7-,9-/m1/s1. The molecule has 0 unspecified atom stereocenters. The van der Waals surface area contributed by atoms with E-state index < -0.39 is 12.0 Å². The van der Waals surface area contributed by atoms with Crippen molar-refractivity contribution in [1.82, 2.24) is 4.90 Å². The Kier molecular flexibility index (Phi) is 2.91. The van der Waals surface area contributed by atoms with Crippen molar-refractivity contribution in [3.63, 3.8) is 0 Å². The average Bonchev–Trinajstić information content (AvgIpc) is 2.85. The molecule has 1 saturated heterocycles. The zero-order chi connectivity index (χ0) is 11.7. The molecule has 0 bridgehead atoms. The molecule has 1 aromatic heterocycles. The highest BCUT2D eigenvalue weighted by Crippen LogP contribution is 2.41. The van der Waals surface area contributed by atoms with Crippen LogP contribution >= 0.6 is 11.8 Å². The van der Waals surface area contributed by atoms with Crippen LogP contribution in [0.4, 0.5) is 0 Å². The molecular weight excluding hydrogens is 230 g/mol. The van der Waals surface area contributed by atoms with Gasteiger partial charge in [-0.15, -0.1) is 11.8 Å². The molecule has 1 aliphatic rings. The number of carboxylic acids is 1. The Balaban J connectivity index is 2.28. The minimum atomic E-state index is -1.23. The first-order chi connectivity index (χ1) is 7.61. The van der Waals surface area contributed by atoms with Gasteiger partial charge in [-0.2, -0.15) is 0 Å². The van der Waals surface area contributed by atoms with Crippen LogP contribution in [0.1, 0.15) is 18.1 Å². The number of carboxylic acid groups (broad SMARTS) is 1. The van der Waals surface area contributed by atoms with Crippen molar-refractivity contribution in [1.29, 1.82) is 0 Å². The minimum absolute atomic E-state index is 0.291. The zero-order valence-corrected chi connectivity index (χ0v) is 9.40. The molecule has 86 valence electrons. The lowest BCUT2D eigenvalue weighted by Gasteiger charge is -2.27. The van der Waals surface area contributed by atoms with Gasteiger partial charge >= 0.3 is 0 Å². The molecular formula is C10H10NO4S-. The smallest absolute Gasteiger partial charge is 0.221 e. The first-order valence-corrected chi connectivity index (χ1v) is 5.81. The molecule has 2 heterocycles. The molecule has 0 radical (unpaired) electrons. The molecule has 0 saturated carbocycles. The highest BCUT2D eigenvalue weighted by molar-refractivity contribution is 7.99. The quantitative estimate of drug-likeness (QED) is 0.727. The Morgan fingerprint density at radius 3 is 2.88 bits per heavy atom. The Bertz CT molecular complexity index is 403. The topological polar surface area (TPSA) is 73.6 Å². The van der Waals surface area contributed by atoms with Crippen molar-refractivity contribution in [2.24, 2.45) is 0 Å². The van der Waals surface area contributed by atoms with E-state index in [4.69, 9.17) is 4.42 Å². The van der Waals surface area contributed by atoms with Crippen LogP contribution in [0.15, 0.2) is 22.8 Å². The van der Waals surface area contributed by atoms with Crippen LogP contribution in [0.5, 0.6) is 0 Å². The second-order valence-electron chi connectivity index (χ2n) is 3.46. The predicted molar refractivity (Wildman–Crippen MR) is 55.2 cm³/mol. The van der Waals surface area contributed by atoms with E-state index in [9.17, 15) is 14.7 Å². The molecule has 1 fully saturated rings. The molecule has 2 atom stereocenters. The fraction of sp³-hybridized carbons (Fsp3) is 0.400. The molecule has 0 N–H and O–H groups in total. The van der Waals surface area contributed by atoms with Crippen LogP contribution in [-0.2, 0) is 9.59 Å². The van der Waals surface area contributed by atoms with Gasteiger partial charge in [-0.25, -0.2) is 0 Å². The lowest BCUT2D eigenvalue weighted by atomic mass is 10.2. The largest absolute Gasteiger partial charge is 0.548 e. The highest BCUT2D eigenvalue weighted by atomic mass is 32.2. The summed E-state index contributed by atoms with van der Waals surface area (Å²) < 4.78 is 5.20. The van der Waals surface area contributed by atoms with Gasteiger partial charge in [0.15, 0.2) is 0 Å². The molecule has 6 heteroatoms. The molecule has 1 aliphatic heterocycles. The monoisotopic (exact) mass is 240 g/mol. The first-order valence-electron chi connectivity index (χ1n) is 4.76. The lowest BCUT2D eigenvalue weighted by molar-refractivity contribution is -0.310. The number of carbonyl (C=O) groups is 2. The van der Waals surface area contributed by atoms with Gasteiger partial charge in [-0.05, 0) is 12.1 Å². The van der Waals surface area contributed by atoms with E-state index in [1.54, 1.807) is 12.1 Å². The molecule has 2 rings (SSSR count). The van der Waals surface area contributed by atoms with Crippen molar-refractivity contribution in [2.75, 3.05) is 5.75 Å². The second kappa shape index (κ2) is 4.21. The van der Waals surface area contributed by atoms with Gasteiger partial charge in [0.05, 0.1) is 18.3 Å². The van der Waals surface area contributed by atoms with Crippen LogP contribution in [-0.4, -0.2) is 28.6 Å². The summed E-state index contributed by atoms with van der Waals surface area (Å²) in [6.45, 7) is 1.34. The first kappa shape index (κ1) is 11.1. The summed E-state index contributed by atoms with van der Waals surface area (Å²) in [7, 11) is 0. The molecule has 1 amide bonds. The maximum absolute atomic E-state index is 11.4. The van der Waals surface area contributed by atoms with Crippen LogP contribution in [0.25, 0.3) is 0 Å². The van der Waals surface area contributed by atoms with Crippen LogP contribution < -0.4 is 5.11 Å². The summed E-state index contributed by atoms with van der Waals surface area (Å²) in [6, 6.07) is 2.56. The number of hydrogen-bond donors (Lipinski definition) is 0. The number of rotatable bonds is 2. The van der Waals surface area contributed by atoms with E-state index in [-0.39, 0.29) is 11.3 Å². The van der Waals surface area contributed by atoms with Gasteiger partial charge in [0, 0.05) is 12.7 Å². The van der Waals surface area contributed by atoms with Gasteiger partial charge in [-0.3, -0.25) is 4.79 Å². The fourth-order valence-electron chi connectivity index (χ4n) is 1.72. The summed E-state index contributed by atoms with van der Waals surface area (Å²) in [4.78, 5) is 23.6. The van der Waals surface area contributed by atoms with Gasteiger partial charge in [0.1, 0.15) is 11.1 Å². The van der Waals surface area contributed by atoms with Crippen LogP contribution in [0, 0.1) is 0 Å². The Morgan fingerprint density at radius 2 is 2.38 bits per heavy atom. The highest BCUT2D eigenvalue weighted by Gasteiger charge is 2.38. The summed E-state index contributed by atoms with van der Waals surface area (Å²) in [5.74, 6) is -0.603. The molecule has 16 heavy (non-hydrogen) atoms. The van der Waals surface area contributed by atoms with E-state index in [0.29, 0.717) is 11.5 Å². The van der Waals surface area contributed by atoms with E-state index in [1.807, 2.05) is 0 Å². The number of hydrogen-bond acceptors (Lipinski definition) is 5. The lowest BCUT2D eigenvalue weighted by Crippen LogP contribution is -2.48. The summed E-state index contributed by atoms with van der Waals surface area (Å²) in [5, 5.41) is 10.5. The number of nitrogens with zero attached hydrogens (tertiary/aromatic N) is 1. The normalized spacial score (nSPS) is 24.7. The van der Waals surface area contributed by atoms with E-state index in [2.05, 4.69) is 0 Å². The number of amides is 1. The number of aliphatic carboxylic acids is 1. The Hall–Kier alpha value is -1.43. The molecule has 1 aromatic rings. The maximum atomic E-state index is 11.4. The molecule has 0 aromatic carbocycles. The minimum Gasteiger partial charge on any atom is -0.548 e. The van der Waals surface area contributed by atoms with Crippen molar-refractivity contribution < 1.29 is 19.1 Å². The van der Waals surface area contributed by atoms with E-state index in [1.165, 1.54) is 29.8 Å². The number of thioether (sulfide) groups is 1. The van der Waals surface area contributed by atoms with Crippen molar-refractivity contribution in [3.05, 3.63) is 24.2 Å². The van der Waals surface area contributed by atoms with Gasteiger partial charge < -0.3 is 19.2 Å². The van der Waals surface area contributed by atoms with E-state index in [0.717, 1.165) is 0 Å². The Morgan fingerprint density at radius 1 is 1.62 bits per heavy atom. The summed E-state index contributed by atoms with van der Waals surface area (Å²) >= 11 is 1.36. The zero-order valence-electron chi connectivity index (χ0n) is 8.58. The molecule has 0 spiro atoms. The van der Waals surface area contributed by atoms with Crippen molar-refractivity contribution in [2.45, 2.75) is 18.3 Å². The second-order valence-corrected chi connectivity index (χ2v) is 4.58. The SMILES string of the molecule is CC(=O)N1[C@@H](C(=O)[O-])CS[C@@H]1c1ccco1. The predicted octanol–water partition coefficient (Wildman–Crippen LogP) is -0.00800. The summed E-state index contributed by atoms with van der Waals surface area (Å²) in [6.07, 6.45) is 1.50.